The van der Waals surface area contributed by atoms with Crippen LogP contribution in [0.1, 0.15) is 5.69 Å². The SMILES string of the molecule is NC(=S)c1ncccc1Nc1ccc(Br)c(Cl)c1Cl. The van der Waals surface area contributed by atoms with Crippen molar-refractivity contribution in [2.24, 2.45) is 5.73 Å². The van der Waals surface area contributed by atoms with Crippen LogP contribution < -0.4 is 11.1 Å². The van der Waals surface area contributed by atoms with Crippen molar-refractivity contribution in [2.45, 2.75) is 0 Å². The standard InChI is InChI=1S/C12H8BrCl2N3S/c13-6-3-4-7(10(15)9(6)14)18-8-2-1-5-17-11(8)12(16)19/h1-5,18H,(H2,16,19). The molecule has 2 rings (SSSR count). The number of rotatable bonds is 3. The summed E-state index contributed by atoms with van der Waals surface area (Å²) >= 11 is 20.5. The fourth-order valence-corrected chi connectivity index (χ4v) is 2.45. The van der Waals surface area contributed by atoms with Gasteiger partial charge in [0.25, 0.3) is 0 Å². The van der Waals surface area contributed by atoms with Gasteiger partial charge in [-0.25, -0.2) is 0 Å². The first-order valence-electron chi connectivity index (χ1n) is 5.16. The number of nitrogens with zero attached hydrogens (tertiary/aromatic N) is 1. The summed E-state index contributed by atoms with van der Waals surface area (Å²) in [5.74, 6) is 0. The lowest BCUT2D eigenvalue weighted by Crippen LogP contribution is -2.13. The molecule has 3 nitrogen and oxygen atoms in total. The van der Waals surface area contributed by atoms with Crippen molar-refractivity contribution in [1.29, 1.82) is 0 Å². The highest BCUT2D eigenvalue weighted by molar-refractivity contribution is 9.10. The Kier molecular flexibility index (Phi) is 4.62. The number of benzene rings is 1. The summed E-state index contributed by atoms with van der Waals surface area (Å²) in [6.07, 6.45) is 1.62. The zero-order valence-corrected chi connectivity index (χ0v) is 13.4. The fourth-order valence-electron chi connectivity index (χ4n) is 1.47. The molecule has 0 fully saturated rings. The number of anilines is 2. The van der Waals surface area contributed by atoms with Crippen molar-refractivity contribution in [2.75, 3.05) is 5.32 Å². The average Bonchev–Trinajstić information content (AvgIpc) is 2.40. The quantitative estimate of drug-likeness (QED) is 0.610. The van der Waals surface area contributed by atoms with E-state index in [1.54, 1.807) is 24.4 Å². The second-order valence-corrected chi connectivity index (χ2v) is 5.66. The Balaban J connectivity index is 2.42. The van der Waals surface area contributed by atoms with Gasteiger partial charge in [-0.15, -0.1) is 0 Å². The van der Waals surface area contributed by atoms with Crippen LogP contribution in [-0.2, 0) is 0 Å². The van der Waals surface area contributed by atoms with Crippen LogP contribution in [0.25, 0.3) is 0 Å². The van der Waals surface area contributed by atoms with Crippen molar-refractivity contribution >= 4 is 67.7 Å². The molecule has 0 radical (unpaired) electrons. The highest BCUT2D eigenvalue weighted by Gasteiger charge is 2.11. The molecule has 0 amide bonds. The maximum atomic E-state index is 6.17. The summed E-state index contributed by atoms with van der Waals surface area (Å²) in [6, 6.07) is 7.19. The second kappa shape index (κ2) is 6.05. The van der Waals surface area contributed by atoms with E-state index in [1.165, 1.54) is 0 Å². The molecule has 1 heterocycles. The number of thiocarbonyl (C=S) groups is 1. The summed E-state index contributed by atoms with van der Waals surface area (Å²) in [4.78, 5) is 4.34. The number of pyridine rings is 1. The molecule has 2 aromatic rings. The predicted octanol–water partition coefficient (Wildman–Crippen LogP) is 4.53. The van der Waals surface area contributed by atoms with Crippen molar-refractivity contribution in [1.82, 2.24) is 4.98 Å². The zero-order valence-electron chi connectivity index (χ0n) is 9.45. The summed E-state index contributed by atoms with van der Waals surface area (Å²) in [5.41, 5.74) is 7.46. The van der Waals surface area contributed by atoms with Crippen LogP contribution in [0.5, 0.6) is 0 Å². The Hall–Kier alpha value is -0.880. The van der Waals surface area contributed by atoms with Crippen molar-refractivity contribution in [3.05, 3.63) is 50.7 Å². The lowest BCUT2D eigenvalue weighted by molar-refractivity contribution is 1.29. The Labute approximate surface area is 134 Å². The van der Waals surface area contributed by atoms with E-state index in [2.05, 4.69) is 26.2 Å². The molecule has 1 aromatic heterocycles. The third-order valence-electron chi connectivity index (χ3n) is 2.35. The molecule has 0 unspecified atom stereocenters. The fraction of sp³-hybridized carbons (Fsp3) is 0. The Morgan fingerprint density at radius 3 is 2.63 bits per heavy atom. The van der Waals surface area contributed by atoms with Gasteiger partial charge in [-0.05, 0) is 40.2 Å². The van der Waals surface area contributed by atoms with E-state index in [0.29, 0.717) is 27.1 Å². The molecule has 0 saturated heterocycles. The lowest BCUT2D eigenvalue weighted by Gasteiger charge is -2.12. The molecule has 3 N–H and O–H groups in total. The van der Waals surface area contributed by atoms with Crippen LogP contribution in [0.3, 0.4) is 0 Å². The number of nitrogens with one attached hydrogen (secondary N) is 1. The molecule has 98 valence electrons. The lowest BCUT2D eigenvalue weighted by atomic mass is 10.2. The minimum absolute atomic E-state index is 0.211. The largest absolute Gasteiger partial charge is 0.388 e. The monoisotopic (exact) mass is 375 g/mol. The van der Waals surface area contributed by atoms with E-state index in [0.717, 1.165) is 4.47 Å². The van der Waals surface area contributed by atoms with E-state index in [-0.39, 0.29) is 4.99 Å². The summed E-state index contributed by atoms with van der Waals surface area (Å²) in [5, 5.41) is 3.97. The van der Waals surface area contributed by atoms with Gasteiger partial charge in [0, 0.05) is 10.7 Å². The van der Waals surface area contributed by atoms with Gasteiger partial charge in [0.2, 0.25) is 0 Å². The summed E-state index contributed by atoms with van der Waals surface area (Å²) in [6.45, 7) is 0. The van der Waals surface area contributed by atoms with Crippen LogP contribution in [0, 0.1) is 0 Å². The van der Waals surface area contributed by atoms with E-state index in [4.69, 9.17) is 41.2 Å². The normalized spacial score (nSPS) is 10.3. The van der Waals surface area contributed by atoms with E-state index in [9.17, 15) is 0 Å². The van der Waals surface area contributed by atoms with Gasteiger partial charge in [0.05, 0.1) is 21.4 Å². The molecule has 1 aromatic carbocycles. The predicted molar refractivity (Wildman–Crippen MR) is 87.6 cm³/mol. The zero-order chi connectivity index (χ0) is 14.0. The number of halogens is 3. The highest BCUT2D eigenvalue weighted by atomic mass is 79.9. The topological polar surface area (TPSA) is 50.9 Å². The van der Waals surface area contributed by atoms with Gasteiger partial charge in [0.15, 0.2) is 0 Å². The minimum Gasteiger partial charge on any atom is -0.388 e. The second-order valence-electron chi connectivity index (χ2n) is 3.61. The number of nitrogens with two attached hydrogens (primary N) is 1. The molecule has 0 atom stereocenters. The van der Waals surface area contributed by atoms with E-state index < -0.39 is 0 Å². The Morgan fingerprint density at radius 2 is 1.95 bits per heavy atom. The Morgan fingerprint density at radius 1 is 1.21 bits per heavy atom. The van der Waals surface area contributed by atoms with Crippen LogP contribution in [0.2, 0.25) is 10.0 Å². The van der Waals surface area contributed by atoms with Gasteiger partial charge in [0.1, 0.15) is 10.7 Å². The molecule has 0 saturated carbocycles. The van der Waals surface area contributed by atoms with Crippen molar-refractivity contribution < 1.29 is 0 Å². The molecule has 0 aliphatic heterocycles. The van der Waals surface area contributed by atoms with Crippen LogP contribution in [0.4, 0.5) is 11.4 Å². The number of aromatic nitrogens is 1. The first kappa shape index (κ1) is 14.5. The number of hydrogen-bond donors (Lipinski definition) is 2. The summed E-state index contributed by atoms with van der Waals surface area (Å²) in [7, 11) is 0. The molecule has 7 heteroatoms. The maximum Gasteiger partial charge on any atom is 0.124 e. The maximum absolute atomic E-state index is 6.17. The molecule has 0 aliphatic rings. The Bertz CT molecular complexity index is 649. The molecular weight excluding hydrogens is 369 g/mol. The van der Waals surface area contributed by atoms with Crippen LogP contribution >= 0.6 is 51.3 Å². The van der Waals surface area contributed by atoms with E-state index in [1.807, 2.05) is 6.07 Å². The molecule has 19 heavy (non-hydrogen) atoms. The molecule has 0 spiro atoms. The van der Waals surface area contributed by atoms with Crippen LogP contribution in [0.15, 0.2) is 34.9 Å². The van der Waals surface area contributed by atoms with Gasteiger partial charge >= 0.3 is 0 Å². The molecule has 0 aliphatic carbocycles. The van der Waals surface area contributed by atoms with E-state index >= 15 is 0 Å². The molecule has 0 bridgehead atoms. The van der Waals surface area contributed by atoms with Gasteiger partial charge in [-0.1, -0.05) is 35.4 Å². The average molecular weight is 377 g/mol. The third kappa shape index (κ3) is 3.17. The summed E-state index contributed by atoms with van der Waals surface area (Å²) < 4.78 is 0.727. The van der Waals surface area contributed by atoms with Crippen molar-refractivity contribution in [3.8, 4) is 0 Å². The first-order valence-corrected chi connectivity index (χ1v) is 7.11. The van der Waals surface area contributed by atoms with Gasteiger partial charge < -0.3 is 11.1 Å². The third-order valence-corrected chi connectivity index (χ3v) is 4.31. The number of hydrogen-bond acceptors (Lipinski definition) is 3. The highest BCUT2D eigenvalue weighted by Crippen LogP contribution is 2.37. The van der Waals surface area contributed by atoms with Crippen molar-refractivity contribution in [3.63, 3.8) is 0 Å². The van der Waals surface area contributed by atoms with Gasteiger partial charge in [-0.2, -0.15) is 0 Å². The smallest absolute Gasteiger partial charge is 0.124 e. The first-order chi connectivity index (χ1) is 9.00. The van der Waals surface area contributed by atoms with Crippen LogP contribution in [-0.4, -0.2) is 9.97 Å². The van der Waals surface area contributed by atoms with Gasteiger partial charge in [-0.3, -0.25) is 4.98 Å². The minimum atomic E-state index is 0.211. The molecular formula is C12H8BrCl2N3S.